The fourth-order valence-corrected chi connectivity index (χ4v) is 2.10. The Kier molecular flexibility index (Phi) is 3.69. The van der Waals surface area contributed by atoms with Crippen LogP contribution in [-0.4, -0.2) is 10.8 Å². The minimum Gasteiger partial charge on any atom is -0.294 e. The molecule has 0 fully saturated rings. The van der Waals surface area contributed by atoms with Crippen molar-refractivity contribution in [1.82, 2.24) is 4.98 Å². The number of aromatic nitrogens is 1. The molecule has 0 aliphatic heterocycles. The van der Waals surface area contributed by atoms with Crippen LogP contribution in [0.4, 0.5) is 0 Å². The number of aryl methyl sites for hydroxylation is 1. The second-order valence-corrected chi connectivity index (χ2v) is 4.80. The van der Waals surface area contributed by atoms with Gasteiger partial charge in [-0.2, -0.15) is 0 Å². The molecule has 0 aliphatic carbocycles. The van der Waals surface area contributed by atoms with Gasteiger partial charge in [-0.25, -0.2) is 0 Å². The Morgan fingerprint density at radius 2 is 2.18 bits per heavy atom. The molecule has 0 saturated carbocycles. The highest BCUT2D eigenvalue weighted by atomic mass is 79.9. The summed E-state index contributed by atoms with van der Waals surface area (Å²) in [5.74, 6) is 0.105. The lowest BCUT2D eigenvalue weighted by atomic mass is 10.0. The standard InChI is InChI=1S/C14H12BrNO/c1-10-4-5-13(15)12(7-10)14(17)8-11-3-2-6-16-9-11/h2-7,9H,8H2,1H3. The van der Waals surface area contributed by atoms with Gasteiger partial charge >= 0.3 is 0 Å². The van der Waals surface area contributed by atoms with Gasteiger partial charge in [-0.3, -0.25) is 9.78 Å². The van der Waals surface area contributed by atoms with Crippen molar-refractivity contribution in [1.29, 1.82) is 0 Å². The molecule has 1 aromatic carbocycles. The highest BCUT2D eigenvalue weighted by molar-refractivity contribution is 9.10. The topological polar surface area (TPSA) is 30.0 Å². The molecule has 0 radical (unpaired) electrons. The number of hydrogen-bond donors (Lipinski definition) is 0. The first-order chi connectivity index (χ1) is 8.16. The van der Waals surface area contributed by atoms with Gasteiger partial charge < -0.3 is 0 Å². The number of halogens is 1. The van der Waals surface area contributed by atoms with E-state index in [0.717, 1.165) is 21.2 Å². The molecular weight excluding hydrogens is 278 g/mol. The van der Waals surface area contributed by atoms with Crippen molar-refractivity contribution in [2.24, 2.45) is 0 Å². The van der Waals surface area contributed by atoms with E-state index in [0.29, 0.717) is 6.42 Å². The summed E-state index contributed by atoms with van der Waals surface area (Å²) in [5.41, 5.74) is 2.75. The summed E-state index contributed by atoms with van der Waals surface area (Å²) in [6.45, 7) is 1.98. The van der Waals surface area contributed by atoms with Gasteiger partial charge in [-0.15, -0.1) is 0 Å². The maximum atomic E-state index is 12.1. The number of rotatable bonds is 3. The molecular formula is C14H12BrNO. The fraction of sp³-hybridized carbons (Fsp3) is 0.143. The van der Waals surface area contributed by atoms with E-state index in [4.69, 9.17) is 0 Å². The normalized spacial score (nSPS) is 10.2. The first-order valence-electron chi connectivity index (χ1n) is 5.35. The molecule has 3 heteroatoms. The Labute approximate surface area is 109 Å². The van der Waals surface area contributed by atoms with Gasteiger partial charge in [0.1, 0.15) is 0 Å². The van der Waals surface area contributed by atoms with Gasteiger partial charge in [0, 0.05) is 28.9 Å². The molecule has 1 heterocycles. The second kappa shape index (κ2) is 5.23. The van der Waals surface area contributed by atoms with Crippen LogP contribution in [0.25, 0.3) is 0 Å². The zero-order valence-electron chi connectivity index (χ0n) is 9.48. The third-order valence-corrected chi connectivity index (χ3v) is 3.20. The SMILES string of the molecule is Cc1ccc(Br)c(C(=O)Cc2cccnc2)c1. The Bertz CT molecular complexity index is 537. The molecule has 1 aromatic heterocycles. The van der Waals surface area contributed by atoms with Crippen LogP contribution in [0.1, 0.15) is 21.5 Å². The lowest BCUT2D eigenvalue weighted by Crippen LogP contribution is -2.05. The average molecular weight is 290 g/mol. The molecule has 0 bridgehead atoms. The van der Waals surface area contributed by atoms with Crippen LogP contribution in [0.5, 0.6) is 0 Å². The molecule has 17 heavy (non-hydrogen) atoms. The number of carbonyl (C=O) groups is 1. The van der Waals surface area contributed by atoms with Crippen molar-refractivity contribution in [3.8, 4) is 0 Å². The maximum absolute atomic E-state index is 12.1. The zero-order valence-corrected chi connectivity index (χ0v) is 11.1. The number of nitrogens with zero attached hydrogens (tertiary/aromatic N) is 1. The largest absolute Gasteiger partial charge is 0.294 e. The predicted octanol–water partition coefficient (Wildman–Crippen LogP) is 3.58. The van der Waals surface area contributed by atoms with Gasteiger partial charge in [-0.05, 0) is 30.7 Å². The van der Waals surface area contributed by atoms with Crippen molar-refractivity contribution < 1.29 is 4.79 Å². The van der Waals surface area contributed by atoms with Gasteiger partial charge in [0.05, 0.1) is 0 Å². The molecule has 0 saturated heterocycles. The Balaban J connectivity index is 2.23. The van der Waals surface area contributed by atoms with Gasteiger partial charge in [0.25, 0.3) is 0 Å². The number of benzene rings is 1. The molecule has 86 valence electrons. The van der Waals surface area contributed by atoms with E-state index >= 15 is 0 Å². The molecule has 2 rings (SSSR count). The maximum Gasteiger partial charge on any atom is 0.168 e. The summed E-state index contributed by atoms with van der Waals surface area (Å²) in [5, 5.41) is 0. The molecule has 0 N–H and O–H groups in total. The summed E-state index contributed by atoms with van der Waals surface area (Å²) in [4.78, 5) is 16.1. The van der Waals surface area contributed by atoms with Gasteiger partial charge in [0.2, 0.25) is 0 Å². The van der Waals surface area contributed by atoms with E-state index in [1.807, 2.05) is 37.3 Å². The lowest BCUT2D eigenvalue weighted by molar-refractivity contribution is 0.0992. The highest BCUT2D eigenvalue weighted by Crippen LogP contribution is 2.20. The molecule has 0 spiro atoms. The number of Topliss-reactive ketones (excluding diaryl/α,β-unsaturated/α-hetero) is 1. The van der Waals surface area contributed by atoms with Crippen LogP contribution in [-0.2, 0) is 6.42 Å². The summed E-state index contributed by atoms with van der Waals surface area (Å²) in [7, 11) is 0. The minimum atomic E-state index is 0.105. The Hall–Kier alpha value is -1.48. The molecule has 2 aromatic rings. The number of ketones is 1. The van der Waals surface area contributed by atoms with E-state index in [1.54, 1.807) is 12.4 Å². The van der Waals surface area contributed by atoms with Crippen LogP contribution >= 0.6 is 15.9 Å². The van der Waals surface area contributed by atoms with Crippen LogP contribution in [0.15, 0.2) is 47.2 Å². The van der Waals surface area contributed by atoms with Crippen molar-refractivity contribution in [3.63, 3.8) is 0 Å². The average Bonchev–Trinajstić information content (AvgIpc) is 2.33. The first-order valence-corrected chi connectivity index (χ1v) is 6.14. The highest BCUT2D eigenvalue weighted by Gasteiger charge is 2.10. The second-order valence-electron chi connectivity index (χ2n) is 3.94. The third kappa shape index (κ3) is 3.01. The van der Waals surface area contributed by atoms with Crippen LogP contribution in [0.2, 0.25) is 0 Å². The fourth-order valence-electron chi connectivity index (χ4n) is 1.64. The van der Waals surface area contributed by atoms with E-state index < -0.39 is 0 Å². The molecule has 0 aliphatic rings. The molecule has 2 nitrogen and oxygen atoms in total. The smallest absolute Gasteiger partial charge is 0.168 e. The van der Waals surface area contributed by atoms with E-state index in [9.17, 15) is 4.79 Å². The van der Waals surface area contributed by atoms with Crippen molar-refractivity contribution in [3.05, 3.63) is 63.9 Å². The first kappa shape index (κ1) is 12.0. The predicted molar refractivity (Wildman–Crippen MR) is 71.2 cm³/mol. The van der Waals surface area contributed by atoms with E-state index in [2.05, 4.69) is 20.9 Å². The lowest BCUT2D eigenvalue weighted by Gasteiger charge is -2.05. The van der Waals surface area contributed by atoms with Crippen molar-refractivity contribution in [2.45, 2.75) is 13.3 Å². The van der Waals surface area contributed by atoms with Crippen molar-refractivity contribution >= 4 is 21.7 Å². The number of hydrogen-bond acceptors (Lipinski definition) is 2. The number of carbonyl (C=O) groups excluding carboxylic acids is 1. The molecule has 0 amide bonds. The van der Waals surface area contributed by atoms with Crippen molar-refractivity contribution in [2.75, 3.05) is 0 Å². The van der Waals surface area contributed by atoms with Crippen LogP contribution < -0.4 is 0 Å². The zero-order chi connectivity index (χ0) is 12.3. The summed E-state index contributed by atoms with van der Waals surface area (Å²) >= 11 is 3.41. The summed E-state index contributed by atoms with van der Waals surface area (Å²) in [6, 6.07) is 9.54. The molecule has 0 atom stereocenters. The summed E-state index contributed by atoms with van der Waals surface area (Å²) in [6.07, 6.45) is 3.81. The van der Waals surface area contributed by atoms with E-state index in [-0.39, 0.29) is 5.78 Å². The van der Waals surface area contributed by atoms with E-state index in [1.165, 1.54) is 0 Å². The Morgan fingerprint density at radius 3 is 2.88 bits per heavy atom. The monoisotopic (exact) mass is 289 g/mol. The summed E-state index contributed by atoms with van der Waals surface area (Å²) < 4.78 is 0.844. The number of pyridine rings is 1. The van der Waals surface area contributed by atoms with Crippen LogP contribution in [0.3, 0.4) is 0 Å². The Morgan fingerprint density at radius 1 is 1.35 bits per heavy atom. The van der Waals surface area contributed by atoms with Gasteiger partial charge in [0.15, 0.2) is 5.78 Å². The van der Waals surface area contributed by atoms with Crippen LogP contribution in [0, 0.1) is 6.92 Å². The quantitative estimate of drug-likeness (QED) is 0.809. The van der Waals surface area contributed by atoms with Gasteiger partial charge in [-0.1, -0.05) is 33.6 Å². The third-order valence-electron chi connectivity index (χ3n) is 2.51. The minimum absolute atomic E-state index is 0.105. The molecule has 0 unspecified atom stereocenters.